The number of halogens is 1. The van der Waals surface area contributed by atoms with Crippen LogP contribution >= 0.6 is 15.9 Å². The van der Waals surface area contributed by atoms with Crippen LogP contribution in [0.15, 0.2) is 27.6 Å². The van der Waals surface area contributed by atoms with Crippen molar-refractivity contribution in [2.24, 2.45) is 5.73 Å². The molecule has 1 aromatic carbocycles. The topological polar surface area (TPSA) is 60.2 Å². The minimum atomic E-state index is -3.16. The summed E-state index contributed by atoms with van der Waals surface area (Å²) in [6.07, 6.45) is 1.18. The molecule has 0 spiro atoms. The molecule has 0 fully saturated rings. The Bertz CT molecular complexity index is 440. The van der Waals surface area contributed by atoms with E-state index in [0.717, 1.165) is 5.56 Å². The van der Waals surface area contributed by atoms with Crippen LogP contribution in [0.3, 0.4) is 0 Å². The van der Waals surface area contributed by atoms with Crippen molar-refractivity contribution in [2.75, 3.05) is 6.26 Å². The van der Waals surface area contributed by atoms with E-state index in [-0.39, 0.29) is 6.04 Å². The molecule has 1 aromatic rings. The van der Waals surface area contributed by atoms with Crippen molar-refractivity contribution in [2.45, 2.75) is 17.9 Å². The Morgan fingerprint density at radius 3 is 2.36 bits per heavy atom. The van der Waals surface area contributed by atoms with E-state index in [2.05, 4.69) is 15.9 Å². The highest BCUT2D eigenvalue weighted by Gasteiger charge is 2.12. The van der Waals surface area contributed by atoms with Gasteiger partial charge in [-0.05, 0) is 40.5 Å². The van der Waals surface area contributed by atoms with E-state index in [1.807, 2.05) is 6.92 Å². The van der Waals surface area contributed by atoms with Gasteiger partial charge < -0.3 is 5.73 Å². The van der Waals surface area contributed by atoms with Gasteiger partial charge in [-0.15, -0.1) is 0 Å². The summed E-state index contributed by atoms with van der Waals surface area (Å²) >= 11 is 3.22. The third-order valence-corrected chi connectivity index (χ3v) is 3.95. The van der Waals surface area contributed by atoms with E-state index in [1.54, 1.807) is 18.2 Å². The summed E-state index contributed by atoms with van der Waals surface area (Å²) in [4.78, 5) is 0.293. The maximum Gasteiger partial charge on any atom is 0.176 e. The zero-order valence-electron chi connectivity index (χ0n) is 7.99. The maximum atomic E-state index is 11.3. The van der Waals surface area contributed by atoms with Gasteiger partial charge in [0.25, 0.3) is 0 Å². The molecule has 5 heteroatoms. The van der Waals surface area contributed by atoms with Crippen molar-refractivity contribution in [3.8, 4) is 0 Å². The zero-order chi connectivity index (χ0) is 10.9. The number of benzene rings is 1. The predicted octanol–water partition coefficient (Wildman–Crippen LogP) is 1.87. The molecule has 0 aliphatic carbocycles. The van der Waals surface area contributed by atoms with Crippen LogP contribution < -0.4 is 5.73 Å². The lowest BCUT2D eigenvalue weighted by molar-refractivity contribution is 0.601. The minimum Gasteiger partial charge on any atom is -0.324 e. The van der Waals surface area contributed by atoms with Crippen LogP contribution in [-0.4, -0.2) is 14.7 Å². The largest absolute Gasteiger partial charge is 0.324 e. The second-order valence-electron chi connectivity index (χ2n) is 3.25. The summed E-state index contributed by atoms with van der Waals surface area (Å²) < 4.78 is 23.1. The second-order valence-corrected chi connectivity index (χ2v) is 6.09. The first-order chi connectivity index (χ1) is 6.32. The number of rotatable bonds is 2. The molecule has 0 amide bonds. The molecule has 78 valence electrons. The van der Waals surface area contributed by atoms with E-state index in [4.69, 9.17) is 5.73 Å². The second kappa shape index (κ2) is 4.00. The molecule has 0 radical (unpaired) electrons. The van der Waals surface area contributed by atoms with Crippen molar-refractivity contribution < 1.29 is 8.42 Å². The SMILES string of the molecule is CC(N)c1ccc(S(C)(=O)=O)c(Br)c1. The van der Waals surface area contributed by atoms with Crippen LogP contribution in [0.5, 0.6) is 0 Å². The average Bonchev–Trinajstić information content (AvgIpc) is 2.01. The maximum absolute atomic E-state index is 11.3. The van der Waals surface area contributed by atoms with Crippen molar-refractivity contribution in [3.05, 3.63) is 28.2 Å². The van der Waals surface area contributed by atoms with Gasteiger partial charge in [-0.2, -0.15) is 0 Å². The van der Waals surface area contributed by atoms with Gasteiger partial charge in [0.2, 0.25) is 0 Å². The van der Waals surface area contributed by atoms with Gasteiger partial charge in [0, 0.05) is 16.8 Å². The Morgan fingerprint density at radius 1 is 1.43 bits per heavy atom. The Balaban J connectivity index is 3.28. The first kappa shape index (κ1) is 11.7. The van der Waals surface area contributed by atoms with E-state index in [1.165, 1.54) is 6.26 Å². The summed E-state index contributed by atoms with van der Waals surface area (Å²) in [5.74, 6) is 0. The minimum absolute atomic E-state index is 0.0973. The Hall–Kier alpha value is -0.390. The van der Waals surface area contributed by atoms with E-state index in [0.29, 0.717) is 9.37 Å². The van der Waals surface area contributed by atoms with E-state index < -0.39 is 9.84 Å². The fourth-order valence-electron chi connectivity index (χ4n) is 1.10. The lowest BCUT2D eigenvalue weighted by Gasteiger charge is -2.08. The number of hydrogen-bond acceptors (Lipinski definition) is 3. The third-order valence-electron chi connectivity index (χ3n) is 1.88. The smallest absolute Gasteiger partial charge is 0.176 e. The molecule has 14 heavy (non-hydrogen) atoms. The molecule has 2 N–H and O–H groups in total. The standard InChI is InChI=1S/C9H12BrNO2S/c1-6(11)7-3-4-9(8(10)5-7)14(2,12)13/h3-6H,11H2,1-2H3. The Morgan fingerprint density at radius 2 is 2.00 bits per heavy atom. The van der Waals surface area contributed by atoms with Crippen molar-refractivity contribution in [3.63, 3.8) is 0 Å². The molecule has 1 atom stereocenters. The van der Waals surface area contributed by atoms with Crippen molar-refractivity contribution in [1.82, 2.24) is 0 Å². The van der Waals surface area contributed by atoms with Gasteiger partial charge in [-0.1, -0.05) is 6.07 Å². The average molecular weight is 278 g/mol. The molecule has 0 heterocycles. The van der Waals surface area contributed by atoms with Gasteiger partial charge in [0.15, 0.2) is 9.84 Å². The van der Waals surface area contributed by atoms with Crippen molar-refractivity contribution >= 4 is 25.8 Å². The number of hydrogen-bond donors (Lipinski definition) is 1. The van der Waals surface area contributed by atoms with Gasteiger partial charge in [0.05, 0.1) is 4.90 Å². The Kier molecular flexibility index (Phi) is 3.34. The molecule has 0 saturated heterocycles. The van der Waals surface area contributed by atoms with E-state index >= 15 is 0 Å². The highest BCUT2D eigenvalue weighted by Crippen LogP contribution is 2.24. The third kappa shape index (κ3) is 2.56. The molecule has 1 rings (SSSR count). The van der Waals surface area contributed by atoms with Crippen LogP contribution in [0, 0.1) is 0 Å². The molecular weight excluding hydrogens is 266 g/mol. The highest BCUT2D eigenvalue weighted by atomic mass is 79.9. The summed E-state index contributed by atoms with van der Waals surface area (Å²) in [6.45, 7) is 1.85. The van der Waals surface area contributed by atoms with Gasteiger partial charge in [-0.3, -0.25) is 0 Å². The van der Waals surface area contributed by atoms with Crippen LogP contribution in [0.1, 0.15) is 18.5 Å². The van der Waals surface area contributed by atoms with Gasteiger partial charge in [0.1, 0.15) is 0 Å². The molecule has 1 unspecified atom stereocenters. The highest BCUT2D eigenvalue weighted by molar-refractivity contribution is 9.10. The van der Waals surface area contributed by atoms with Crippen LogP contribution in [0.25, 0.3) is 0 Å². The van der Waals surface area contributed by atoms with Gasteiger partial charge >= 0.3 is 0 Å². The molecule has 0 aliphatic heterocycles. The molecule has 3 nitrogen and oxygen atoms in total. The number of nitrogens with two attached hydrogens (primary N) is 1. The number of sulfone groups is 1. The monoisotopic (exact) mass is 277 g/mol. The van der Waals surface area contributed by atoms with Crippen LogP contribution in [0.4, 0.5) is 0 Å². The first-order valence-electron chi connectivity index (χ1n) is 4.07. The lowest BCUT2D eigenvalue weighted by Crippen LogP contribution is -2.06. The van der Waals surface area contributed by atoms with E-state index in [9.17, 15) is 8.42 Å². The fourth-order valence-corrected chi connectivity index (χ4v) is 3.11. The fraction of sp³-hybridized carbons (Fsp3) is 0.333. The molecule has 0 aliphatic rings. The summed E-state index contributed by atoms with van der Waals surface area (Å²) in [5, 5.41) is 0. The molecular formula is C9H12BrNO2S. The zero-order valence-corrected chi connectivity index (χ0v) is 10.4. The summed E-state index contributed by atoms with van der Waals surface area (Å²) in [7, 11) is -3.16. The quantitative estimate of drug-likeness (QED) is 0.898. The van der Waals surface area contributed by atoms with Gasteiger partial charge in [-0.25, -0.2) is 8.42 Å². The van der Waals surface area contributed by atoms with Crippen molar-refractivity contribution in [1.29, 1.82) is 0 Å². The summed E-state index contributed by atoms with van der Waals surface area (Å²) in [6, 6.07) is 4.94. The lowest BCUT2D eigenvalue weighted by atomic mass is 10.1. The summed E-state index contributed by atoms with van der Waals surface area (Å²) in [5.41, 5.74) is 6.58. The molecule has 0 aromatic heterocycles. The Labute approximate surface area is 92.4 Å². The van der Waals surface area contributed by atoms with Crippen LogP contribution in [0.2, 0.25) is 0 Å². The first-order valence-corrected chi connectivity index (χ1v) is 6.76. The normalized spacial score (nSPS) is 14.0. The molecule has 0 saturated carbocycles. The predicted molar refractivity (Wildman–Crippen MR) is 59.9 cm³/mol. The molecule has 0 bridgehead atoms. The van der Waals surface area contributed by atoms with Crippen LogP contribution in [-0.2, 0) is 9.84 Å².